The van der Waals surface area contributed by atoms with Crippen molar-refractivity contribution in [2.24, 2.45) is 0 Å². The number of anilines is 1. The van der Waals surface area contributed by atoms with E-state index in [2.05, 4.69) is 86.7 Å². The molecule has 1 unspecified atom stereocenters. The number of fused-ring (bicyclic) bond motifs is 1. The van der Waals surface area contributed by atoms with Crippen molar-refractivity contribution < 1.29 is 4.74 Å². The average molecular weight is 414 g/mol. The lowest BCUT2D eigenvalue weighted by Gasteiger charge is -2.26. The molecular weight excluding hydrogens is 386 g/mol. The molecule has 0 bridgehead atoms. The van der Waals surface area contributed by atoms with Crippen molar-refractivity contribution in [2.75, 3.05) is 31.6 Å². The fourth-order valence-electron chi connectivity index (χ4n) is 4.10. The molecular formula is C25H27N5O. The van der Waals surface area contributed by atoms with Crippen molar-refractivity contribution in [3.8, 4) is 11.3 Å². The summed E-state index contributed by atoms with van der Waals surface area (Å²) in [6.45, 7) is 6.70. The smallest absolute Gasteiger partial charge is 0.143 e. The highest BCUT2D eigenvalue weighted by Gasteiger charge is 2.14. The van der Waals surface area contributed by atoms with Gasteiger partial charge in [-0.2, -0.15) is 0 Å². The van der Waals surface area contributed by atoms with Gasteiger partial charge >= 0.3 is 0 Å². The van der Waals surface area contributed by atoms with Crippen LogP contribution >= 0.6 is 0 Å². The normalized spacial score (nSPS) is 15.8. The summed E-state index contributed by atoms with van der Waals surface area (Å²) >= 11 is 0. The Bertz CT molecular complexity index is 1150. The topological polar surface area (TPSA) is 66.1 Å². The van der Waals surface area contributed by atoms with Gasteiger partial charge in [-0.15, -0.1) is 0 Å². The first-order valence-electron chi connectivity index (χ1n) is 10.8. The second kappa shape index (κ2) is 8.88. The Morgan fingerprint density at radius 3 is 2.71 bits per heavy atom. The Morgan fingerprint density at radius 1 is 1.03 bits per heavy atom. The molecule has 31 heavy (non-hydrogen) atoms. The standard InChI is InChI=1S/C25H27N5O/c1-18(20-7-3-2-4-8-20)28-24-22-15-23(29-25(22)27-17-26-24)21-9-5-6-19(14-21)16-30-10-12-31-13-11-30/h2-9,14-15,17-18H,10-13,16H2,1H3,(H2,26,27,28,29). The number of benzene rings is 2. The minimum Gasteiger partial charge on any atom is -0.379 e. The van der Waals surface area contributed by atoms with Crippen LogP contribution in [0.3, 0.4) is 0 Å². The summed E-state index contributed by atoms with van der Waals surface area (Å²) in [6.07, 6.45) is 1.61. The van der Waals surface area contributed by atoms with Gasteiger partial charge in [-0.05, 0) is 35.7 Å². The van der Waals surface area contributed by atoms with E-state index in [1.54, 1.807) is 6.33 Å². The summed E-state index contributed by atoms with van der Waals surface area (Å²) in [5, 5.41) is 4.54. The summed E-state index contributed by atoms with van der Waals surface area (Å²) in [4.78, 5) is 14.9. The van der Waals surface area contributed by atoms with Crippen LogP contribution in [0.15, 0.2) is 67.0 Å². The molecule has 0 radical (unpaired) electrons. The highest BCUT2D eigenvalue weighted by atomic mass is 16.5. The predicted octanol–water partition coefficient (Wildman–Crippen LogP) is 4.63. The first kappa shape index (κ1) is 19.7. The predicted molar refractivity (Wildman–Crippen MR) is 124 cm³/mol. The van der Waals surface area contributed by atoms with Gasteiger partial charge in [0.2, 0.25) is 0 Å². The Labute approximate surface area is 182 Å². The number of H-pyrrole nitrogens is 1. The van der Waals surface area contributed by atoms with Gasteiger partial charge in [0.1, 0.15) is 17.8 Å². The fourth-order valence-corrected chi connectivity index (χ4v) is 4.10. The van der Waals surface area contributed by atoms with Crippen molar-refractivity contribution in [2.45, 2.75) is 19.5 Å². The van der Waals surface area contributed by atoms with Crippen LogP contribution in [-0.4, -0.2) is 46.2 Å². The van der Waals surface area contributed by atoms with Crippen molar-refractivity contribution in [1.29, 1.82) is 0 Å². The molecule has 1 saturated heterocycles. The van der Waals surface area contributed by atoms with Gasteiger partial charge in [-0.25, -0.2) is 9.97 Å². The third-order valence-electron chi connectivity index (χ3n) is 5.83. The molecule has 2 aromatic carbocycles. The summed E-state index contributed by atoms with van der Waals surface area (Å²) in [5.74, 6) is 0.841. The third kappa shape index (κ3) is 4.45. The molecule has 0 aliphatic carbocycles. The van der Waals surface area contributed by atoms with Gasteiger partial charge in [0.05, 0.1) is 18.6 Å². The van der Waals surface area contributed by atoms with Crippen LogP contribution < -0.4 is 5.32 Å². The second-order valence-corrected chi connectivity index (χ2v) is 8.03. The Balaban J connectivity index is 1.40. The lowest BCUT2D eigenvalue weighted by atomic mass is 10.1. The summed E-state index contributed by atoms with van der Waals surface area (Å²) in [5.41, 5.74) is 5.58. The van der Waals surface area contributed by atoms with Crippen molar-refractivity contribution in [1.82, 2.24) is 19.9 Å². The van der Waals surface area contributed by atoms with E-state index in [1.807, 2.05) is 6.07 Å². The zero-order valence-corrected chi connectivity index (χ0v) is 17.7. The van der Waals surface area contributed by atoms with Gasteiger partial charge in [0.15, 0.2) is 0 Å². The monoisotopic (exact) mass is 413 g/mol. The highest BCUT2D eigenvalue weighted by molar-refractivity contribution is 5.91. The lowest BCUT2D eigenvalue weighted by molar-refractivity contribution is 0.0342. The zero-order valence-electron chi connectivity index (χ0n) is 17.7. The average Bonchev–Trinajstić information content (AvgIpc) is 3.26. The lowest BCUT2D eigenvalue weighted by Crippen LogP contribution is -2.35. The van der Waals surface area contributed by atoms with E-state index in [9.17, 15) is 0 Å². The SMILES string of the molecule is CC(Nc1ncnc2[nH]c(-c3cccc(CN4CCOCC4)c3)cc12)c1ccccc1. The van der Waals surface area contributed by atoms with E-state index < -0.39 is 0 Å². The zero-order chi connectivity index (χ0) is 21.0. The molecule has 0 amide bonds. The largest absolute Gasteiger partial charge is 0.379 e. The molecule has 2 N–H and O–H groups in total. The molecule has 6 heteroatoms. The van der Waals surface area contributed by atoms with E-state index in [0.29, 0.717) is 0 Å². The van der Waals surface area contributed by atoms with Crippen LogP contribution in [0.2, 0.25) is 0 Å². The molecule has 1 atom stereocenters. The summed E-state index contributed by atoms with van der Waals surface area (Å²) in [7, 11) is 0. The van der Waals surface area contributed by atoms with Gasteiger partial charge in [0, 0.05) is 31.4 Å². The molecule has 1 aliphatic heterocycles. The number of nitrogens with zero attached hydrogens (tertiary/aromatic N) is 3. The molecule has 1 fully saturated rings. The maximum atomic E-state index is 5.47. The van der Waals surface area contributed by atoms with Crippen LogP contribution in [0.4, 0.5) is 5.82 Å². The van der Waals surface area contributed by atoms with Crippen LogP contribution in [0.25, 0.3) is 22.3 Å². The highest BCUT2D eigenvalue weighted by Crippen LogP contribution is 2.29. The van der Waals surface area contributed by atoms with Crippen LogP contribution in [0, 0.1) is 0 Å². The van der Waals surface area contributed by atoms with Gasteiger partial charge < -0.3 is 15.0 Å². The van der Waals surface area contributed by atoms with Gasteiger partial charge in [-0.1, -0.05) is 48.5 Å². The molecule has 0 spiro atoms. The summed E-state index contributed by atoms with van der Waals surface area (Å²) in [6, 6.07) is 21.4. The van der Waals surface area contributed by atoms with Crippen molar-refractivity contribution in [3.05, 3.63) is 78.1 Å². The Morgan fingerprint density at radius 2 is 1.87 bits per heavy atom. The van der Waals surface area contributed by atoms with Crippen LogP contribution in [0.1, 0.15) is 24.1 Å². The van der Waals surface area contributed by atoms with Crippen LogP contribution in [0.5, 0.6) is 0 Å². The molecule has 3 heterocycles. The maximum absolute atomic E-state index is 5.47. The molecule has 6 nitrogen and oxygen atoms in total. The van der Waals surface area contributed by atoms with E-state index in [-0.39, 0.29) is 6.04 Å². The molecule has 2 aromatic heterocycles. The molecule has 4 aromatic rings. The third-order valence-corrected chi connectivity index (χ3v) is 5.83. The first-order valence-corrected chi connectivity index (χ1v) is 10.8. The number of nitrogens with one attached hydrogen (secondary N) is 2. The number of morpholine rings is 1. The molecule has 1 aliphatic rings. The fraction of sp³-hybridized carbons (Fsp3) is 0.280. The molecule has 0 saturated carbocycles. The van der Waals surface area contributed by atoms with E-state index in [0.717, 1.165) is 61.0 Å². The number of hydrogen-bond acceptors (Lipinski definition) is 5. The quantitative estimate of drug-likeness (QED) is 0.482. The minimum absolute atomic E-state index is 0.148. The first-order chi connectivity index (χ1) is 15.3. The van der Waals surface area contributed by atoms with E-state index in [4.69, 9.17) is 4.74 Å². The maximum Gasteiger partial charge on any atom is 0.143 e. The molecule has 5 rings (SSSR count). The number of rotatable bonds is 6. The van der Waals surface area contributed by atoms with Gasteiger partial charge in [-0.3, -0.25) is 4.90 Å². The Hall–Kier alpha value is -3.22. The minimum atomic E-state index is 0.148. The number of aromatic nitrogens is 3. The van der Waals surface area contributed by atoms with Gasteiger partial charge in [0.25, 0.3) is 0 Å². The number of hydrogen-bond donors (Lipinski definition) is 2. The summed E-state index contributed by atoms with van der Waals surface area (Å²) < 4.78 is 5.47. The second-order valence-electron chi connectivity index (χ2n) is 8.03. The Kier molecular flexibility index (Phi) is 5.65. The van der Waals surface area contributed by atoms with Crippen LogP contribution in [-0.2, 0) is 11.3 Å². The number of ether oxygens (including phenoxy) is 1. The van der Waals surface area contributed by atoms with Crippen molar-refractivity contribution in [3.63, 3.8) is 0 Å². The van der Waals surface area contributed by atoms with Crippen molar-refractivity contribution >= 4 is 16.9 Å². The molecule has 158 valence electrons. The number of aromatic amines is 1. The van der Waals surface area contributed by atoms with E-state index in [1.165, 1.54) is 11.1 Å². The van der Waals surface area contributed by atoms with E-state index >= 15 is 0 Å².